The molecule has 1 aliphatic carbocycles. The molecule has 0 aromatic heterocycles. The zero-order chi connectivity index (χ0) is 16.9. The van der Waals surface area contributed by atoms with E-state index in [0.29, 0.717) is 12.0 Å². The molecule has 2 fully saturated rings. The van der Waals surface area contributed by atoms with Gasteiger partial charge in [-0.1, -0.05) is 43.2 Å². The van der Waals surface area contributed by atoms with Crippen molar-refractivity contribution in [1.29, 1.82) is 0 Å². The van der Waals surface area contributed by atoms with Gasteiger partial charge >= 0.3 is 0 Å². The summed E-state index contributed by atoms with van der Waals surface area (Å²) in [4.78, 5) is 14.8. The van der Waals surface area contributed by atoms with Crippen molar-refractivity contribution >= 4 is 5.91 Å². The van der Waals surface area contributed by atoms with Crippen molar-refractivity contribution in [2.75, 3.05) is 13.6 Å². The molecule has 1 saturated heterocycles. The predicted octanol–water partition coefficient (Wildman–Crippen LogP) is 2.54. The number of nitrogens with one attached hydrogen (secondary N) is 2. The number of benzene rings is 1. The third-order valence-electron chi connectivity index (χ3n) is 5.45. The standard InChI is InChI=1S/C20H31N3O/c1-15(13-23(2)14-16-8-4-3-5-9-16)21-20(24)19-12-17-10-6-7-11-18(17)22-19/h3-5,8-9,15,17-19,22H,6-7,10-14H2,1-2H3,(H,21,24). The number of fused-ring (bicyclic) bond motifs is 1. The van der Waals surface area contributed by atoms with Gasteiger partial charge < -0.3 is 15.5 Å². The van der Waals surface area contributed by atoms with Gasteiger partial charge in [-0.3, -0.25) is 4.79 Å². The molecule has 0 spiro atoms. The Morgan fingerprint density at radius 3 is 2.79 bits per heavy atom. The van der Waals surface area contributed by atoms with E-state index in [9.17, 15) is 4.79 Å². The fourth-order valence-corrected chi connectivity index (χ4v) is 4.34. The minimum Gasteiger partial charge on any atom is -0.351 e. The molecular weight excluding hydrogens is 298 g/mol. The van der Waals surface area contributed by atoms with Crippen LogP contribution in [0.3, 0.4) is 0 Å². The molecule has 4 nitrogen and oxygen atoms in total. The van der Waals surface area contributed by atoms with Gasteiger partial charge in [-0.2, -0.15) is 0 Å². The maximum absolute atomic E-state index is 12.5. The van der Waals surface area contributed by atoms with E-state index < -0.39 is 0 Å². The van der Waals surface area contributed by atoms with Crippen LogP contribution in [0.1, 0.15) is 44.6 Å². The Bertz CT molecular complexity index is 519. The zero-order valence-electron chi connectivity index (χ0n) is 15.0. The lowest BCUT2D eigenvalue weighted by molar-refractivity contribution is -0.123. The number of rotatable bonds is 6. The monoisotopic (exact) mass is 329 g/mol. The van der Waals surface area contributed by atoms with Crippen LogP contribution < -0.4 is 10.6 Å². The molecule has 132 valence electrons. The number of hydrogen-bond acceptors (Lipinski definition) is 3. The van der Waals surface area contributed by atoms with Gasteiger partial charge in [0.25, 0.3) is 0 Å². The summed E-state index contributed by atoms with van der Waals surface area (Å²) in [7, 11) is 2.11. The van der Waals surface area contributed by atoms with Gasteiger partial charge in [0.2, 0.25) is 5.91 Å². The normalized spacial score (nSPS) is 27.7. The molecule has 4 unspecified atom stereocenters. The lowest BCUT2D eigenvalue weighted by Gasteiger charge is -2.24. The lowest BCUT2D eigenvalue weighted by atomic mass is 9.85. The van der Waals surface area contributed by atoms with Crippen molar-refractivity contribution in [3.63, 3.8) is 0 Å². The number of nitrogens with zero attached hydrogens (tertiary/aromatic N) is 1. The average Bonchev–Trinajstić information content (AvgIpc) is 2.99. The van der Waals surface area contributed by atoms with Gasteiger partial charge in [0.15, 0.2) is 0 Å². The molecule has 0 radical (unpaired) electrons. The molecule has 3 rings (SSSR count). The van der Waals surface area contributed by atoms with Crippen molar-refractivity contribution in [2.45, 2.75) is 63.7 Å². The predicted molar refractivity (Wildman–Crippen MR) is 97.7 cm³/mol. The largest absolute Gasteiger partial charge is 0.351 e. The second kappa shape index (κ2) is 8.13. The highest BCUT2D eigenvalue weighted by atomic mass is 16.2. The van der Waals surface area contributed by atoms with Crippen LogP contribution in [0.25, 0.3) is 0 Å². The molecular formula is C20H31N3O. The number of likely N-dealkylation sites (N-methyl/N-ethyl adjacent to an activating group) is 1. The Morgan fingerprint density at radius 2 is 2.04 bits per heavy atom. The summed E-state index contributed by atoms with van der Waals surface area (Å²) in [6.45, 7) is 3.87. The van der Waals surface area contributed by atoms with E-state index in [-0.39, 0.29) is 18.0 Å². The summed E-state index contributed by atoms with van der Waals surface area (Å²) in [5.41, 5.74) is 1.31. The number of carbonyl (C=O) groups is 1. The Balaban J connectivity index is 1.42. The fraction of sp³-hybridized carbons (Fsp3) is 0.650. The van der Waals surface area contributed by atoms with Crippen LogP contribution in [0.15, 0.2) is 30.3 Å². The van der Waals surface area contributed by atoms with Crippen molar-refractivity contribution in [3.8, 4) is 0 Å². The highest BCUT2D eigenvalue weighted by molar-refractivity contribution is 5.82. The number of carbonyl (C=O) groups excluding carboxylic acids is 1. The first kappa shape index (κ1) is 17.4. The molecule has 4 atom stereocenters. The summed E-state index contributed by atoms with van der Waals surface area (Å²) in [6.07, 6.45) is 6.19. The van der Waals surface area contributed by atoms with Crippen molar-refractivity contribution < 1.29 is 4.79 Å². The second-order valence-electron chi connectivity index (χ2n) is 7.70. The zero-order valence-corrected chi connectivity index (χ0v) is 15.0. The molecule has 2 aliphatic rings. The molecule has 1 aromatic carbocycles. The summed E-state index contributed by atoms with van der Waals surface area (Å²) in [5, 5.41) is 6.77. The smallest absolute Gasteiger partial charge is 0.237 e. The molecule has 2 N–H and O–H groups in total. The van der Waals surface area contributed by atoms with Crippen LogP contribution in [0.2, 0.25) is 0 Å². The van der Waals surface area contributed by atoms with Crippen LogP contribution in [0.5, 0.6) is 0 Å². The quantitative estimate of drug-likeness (QED) is 0.843. The van der Waals surface area contributed by atoms with Crippen molar-refractivity contribution in [3.05, 3.63) is 35.9 Å². The summed E-state index contributed by atoms with van der Waals surface area (Å²) < 4.78 is 0. The molecule has 1 saturated carbocycles. The van der Waals surface area contributed by atoms with Crippen LogP contribution in [-0.4, -0.2) is 42.5 Å². The molecule has 1 amide bonds. The second-order valence-corrected chi connectivity index (χ2v) is 7.70. The molecule has 0 bridgehead atoms. The number of hydrogen-bond donors (Lipinski definition) is 2. The van der Waals surface area contributed by atoms with Crippen molar-refractivity contribution in [1.82, 2.24) is 15.5 Å². The van der Waals surface area contributed by atoms with Gasteiger partial charge in [-0.15, -0.1) is 0 Å². The maximum Gasteiger partial charge on any atom is 0.237 e. The first-order chi connectivity index (χ1) is 11.6. The number of amides is 1. The fourth-order valence-electron chi connectivity index (χ4n) is 4.34. The van der Waals surface area contributed by atoms with Crippen molar-refractivity contribution in [2.24, 2.45) is 5.92 Å². The lowest BCUT2D eigenvalue weighted by Crippen LogP contribution is -2.48. The highest BCUT2D eigenvalue weighted by Gasteiger charge is 2.38. The van der Waals surface area contributed by atoms with E-state index in [1.807, 2.05) is 6.07 Å². The van der Waals surface area contributed by atoms with Crippen LogP contribution >= 0.6 is 0 Å². The molecule has 1 aromatic rings. The Hall–Kier alpha value is -1.39. The molecule has 1 aliphatic heterocycles. The maximum atomic E-state index is 12.5. The van der Waals surface area contributed by atoms with Crippen LogP contribution in [0, 0.1) is 5.92 Å². The Morgan fingerprint density at radius 1 is 1.29 bits per heavy atom. The third-order valence-corrected chi connectivity index (χ3v) is 5.45. The van der Waals surface area contributed by atoms with E-state index in [1.54, 1.807) is 0 Å². The van der Waals surface area contributed by atoms with E-state index in [1.165, 1.54) is 31.2 Å². The molecule has 1 heterocycles. The van der Waals surface area contributed by atoms with E-state index in [0.717, 1.165) is 19.5 Å². The molecule has 24 heavy (non-hydrogen) atoms. The van der Waals surface area contributed by atoms with Gasteiger partial charge in [-0.25, -0.2) is 0 Å². The first-order valence-electron chi connectivity index (χ1n) is 9.40. The first-order valence-corrected chi connectivity index (χ1v) is 9.40. The SMILES string of the molecule is CC(CN(C)Cc1ccccc1)NC(=O)C1CC2CCCCC2N1. The Kier molecular flexibility index (Phi) is 5.90. The van der Waals surface area contributed by atoms with Gasteiger partial charge in [0, 0.05) is 25.2 Å². The summed E-state index contributed by atoms with van der Waals surface area (Å²) >= 11 is 0. The highest BCUT2D eigenvalue weighted by Crippen LogP contribution is 2.33. The van der Waals surface area contributed by atoms with E-state index >= 15 is 0 Å². The summed E-state index contributed by atoms with van der Waals surface area (Å²) in [6, 6.07) is 11.2. The topological polar surface area (TPSA) is 44.4 Å². The minimum atomic E-state index is 0.0139. The van der Waals surface area contributed by atoms with Crippen LogP contribution in [-0.2, 0) is 11.3 Å². The molecule has 4 heteroatoms. The van der Waals surface area contributed by atoms with Gasteiger partial charge in [-0.05, 0) is 44.7 Å². The average molecular weight is 329 g/mol. The van der Waals surface area contributed by atoms with Gasteiger partial charge in [0.1, 0.15) is 0 Å². The van der Waals surface area contributed by atoms with E-state index in [4.69, 9.17) is 0 Å². The third kappa shape index (κ3) is 4.58. The van der Waals surface area contributed by atoms with E-state index in [2.05, 4.69) is 53.8 Å². The minimum absolute atomic E-state index is 0.0139. The van der Waals surface area contributed by atoms with Gasteiger partial charge in [0.05, 0.1) is 6.04 Å². The summed E-state index contributed by atoms with van der Waals surface area (Å²) in [5.74, 6) is 0.899. The Labute approximate surface area is 146 Å². The van der Waals surface area contributed by atoms with Crippen LogP contribution in [0.4, 0.5) is 0 Å².